The molecule has 0 radical (unpaired) electrons. The van der Waals surface area contributed by atoms with E-state index in [0.29, 0.717) is 21.5 Å². The number of nitrogens with one attached hydrogen (secondary N) is 1. The molecule has 0 fully saturated rings. The molecule has 0 aliphatic carbocycles. The quantitative estimate of drug-likeness (QED) is 0.238. The van der Waals surface area contributed by atoms with E-state index < -0.39 is 10.0 Å². The maximum absolute atomic E-state index is 13.8. The summed E-state index contributed by atoms with van der Waals surface area (Å²) in [6.45, 7) is 6.01. The third kappa shape index (κ3) is 5.92. The Hall–Kier alpha value is -3.62. The highest BCUT2D eigenvalue weighted by Gasteiger charge is 2.26. The van der Waals surface area contributed by atoms with Gasteiger partial charge in [-0.05, 0) is 102 Å². The van der Waals surface area contributed by atoms with Crippen LogP contribution >= 0.6 is 15.9 Å². The van der Waals surface area contributed by atoms with E-state index in [1.165, 1.54) is 23.5 Å². The second kappa shape index (κ2) is 11.4. The van der Waals surface area contributed by atoms with E-state index in [-0.39, 0.29) is 17.3 Å². The van der Waals surface area contributed by atoms with Crippen molar-refractivity contribution in [2.45, 2.75) is 32.2 Å². The van der Waals surface area contributed by atoms with Gasteiger partial charge in [-0.2, -0.15) is 0 Å². The fraction of sp³-hybridized carbons (Fsp3) is 0.167. The van der Waals surface area contributed by atoms with Crippen molar-refractivity contribution in [1.82, 2.24) is 0 Å². The van der Waals surface area contributed by atoms with Crippen LogP contribution < -0.4 is 14.4 Å². The maximum Gasteiger partial charge on any atom is 0.264 e. The van der Waals surface area contributed by atoms with Gasteiger partial charge in [0.1, 0.15) is 5.75 Å². The zero-order valence-electron chi connectivity index (χ0n) is 21.7. The lowest BCUT2D eigenvalue weighted by atomic mass is 10.1. The van der Waals surface area contributed by atoms with Crippen LogP contribution in [-0.2, 0) is 16.6 Å². The number of nitrogens with zero attached hydrogens (tertiary/aromatic N) is 1. The predicted molar refractivity (Wildman–Crippen MR) is 156 cm³/mol. The first-order chi connectivity index (χ1) is 18.1. The SMILES string of the molecule is COc1ccc(S(=O)(=O)N(Cc2ccc(C(=O)Nc3cccc(C)c3C)cc2)c2ccc(C)cc2)cc1Br. The van der Waals surface area contributed by atoms with E-state index in [0.717, 1.165) is 27.9 Å². The Labute approximate surface area is 232 Å². The molecule has 0 aliphatic heterocycles. The fourth-order valence-electron chi connectivity index (χ4n) is 3.97. The van der Waals surface area contributed by atoms with Crippen LogP contribution in [0, 0.1) is 20.8 Å². The molecule has 0 unspecified atom stereocenters. The largest absolute Gasteiger partial charge is 0.496 e. The third-order valence-electron chi connectivity index (χ3n) is 6.43. The van der Waals surface area contributed by atoms with E-state index in [4.69, 9.17) is 4.74 Å². The number of hydrogen-bond acceptors (Lipinski definition) is 4. The van der Waals surface area contributed by atoms with Gasteiger partial charge in [-0.1, -0.05) is 42.0 Å². The summed E-state index contributed by atoms with van der Waals surface area (Å²) in [5, 5.41) is 2.96. The molecular formula is C30H29BrN2O4S. The summed E-state index contributed by atoms with van der Waals surface area (Å²) in [5.41, 5.74) is 5.67. The van der Waals surface area contributed by atoms with Crippen molar-refractivity contribution < 1.29 is 17.9 Å². The average molecular weight is 594 g/mol. The second-order valence-corrected chi connectivity index (χ2v) is 11.8. The molecule has 0 aromatic heterocycles. The Kier molecular flexibility index (Phi) is 8.23. The highest BCUT2D eigenvalue weighted by Crippen LogP contribution is 2.32. The number of rotatable bonds is 8. The Balaban J connectivity index is 1.62. The van der Waals surface area contributed by atoms with Crippen LogP contribution in [0.4, 0.5) is 11.4 Å². The van der Waals surface area contributed by atoms with Crippen molar-refractivity contribution >= 4 is 43.2 Å². The highest BCUT2D eigenvalue weighted by atomic mass is 79.9. The lowest BCUT2D eigenvalue weighted by molar-refractivity contribution is 0.102. The van der Waals surface area contributed by atoms with Crippen LogP contribution in [0.15, 0.2) is 94.3 Å². The molecule has 1 N–H and O–H groups in total. The first kappa shape index (κ1) is 27.4. The summed E-state index contributed by atoms with van der Waals surface area (Å²) in [6, 6.07) is 24.8. The van der Waals surface area contributed by atoms with Crippen molar-refractivity contribution in [1.29, 1.82) is 0 Å². The second-order valence-electron chi connectivity index (χ2n) is 9.04. The van der Waals surface area contributed by atoms with Gasteiger partial charge in [-0.3, -0.25) is 9.10 Å². The minimum Gasteiger partial charge on any atom is -0.496 e. The zero-order chi connectivity index (χ0) is 27.4. The van der Waals surface area contributed by atoms with Gasteiger partial charge in [0, 0.05) is 11.3 Å². The number of benzene rings is 4. The number of aryl methyl sites for hydroxylation is 2. The number of carbonyl (C=O) groups excluding carboxylic acids is 1. The van der Waals surface area contributed by atoms with Crippen LogP contribution in [0.1, 0.15) is 32.6 Å². The number of halogens is 1. The molecule has 4 rings (SSSR count). The molecule has 0 saturated carbocycles. The fourth-order valence-corrected chi connectivity index (χ4v) is 6.14. The Morgan fingerprint density at radius 1 is 0.921 bits per heavy atom. The molecule has 8 heteroatoms. The molecule has 0 aliphatic rings. The minimum absolute atomic E-state index is 0.0912. The number of methoxy groups -OCH3 is 1. The van der Waals surface area contributed by atoms with E-state index in [1.807, 2.05) is 51.1 Å². The first-order valence-electron chi connectivity index (χ1n) is 12.0. The lowest BCUT2D eigenvalue weighted by Gasteiger charge is -2.25. The minimum atomic E-state index is -3.92. The number of amides is 1. The number of anilines is 2. The molecule has 1 amide bonds. The summed E-state index contributed by atoms with van der Waals surface area (Å²) >= 11 is 3.39. The van der Waals surface area contributed by atoms with Gasteiger partial charge in [0.15, 0.2) is 0 Å². The molecule has 0 atom stereocenters. The van der Waals surface area contributed by atoms with Crippen molar-refractivity contribution in [2.24, 2.45) is 0 Å². The molecule has 0 bridgehead atoms. The summed E-state index contributed by atoms with van der Waals surface area (Å²) in [7, 11) is -2.39. The van der Waals surface area contributed by atoms with E-state index in [9.17, 15) is 13.2 Å². The van der Waals surface area contributed by atoms with Crippen molar-refractivity contribution in [2.75, 3.05) is 16.7 Å². The van der Waals surface area contributed by atoms with Crippen LogP contribution in [0.3, 0.4) is 0 Å². The molecule has 0 heterocycles. The molecule has 6 nitrogen and oxygen atoms in total. The molecule has 196 valence electrons. The van der Waals surface area contributed by atoms with Gasteiger partial charge >= 0.3 is 0 Å². The van der Waals surface area contributed by atoms with Gasteiger partial charge in [0.25, 0.3) is 15.9 Å². The van der Waals surface area contributed by atoms with Crippen molar-refractivity contribution in [3.63, 3.8) is 0 Å². The molecule has 38 heavy (non-hydrogen) atoms. The molecule has 0 spiro atoms. The van der Waals surface area contributed by atoms with Gasteiger partial charge in [-0.15, -0.1) is 0 Å². The Bertz CT molecular complexity index is 1570. The first-order valence-corrected chi connectivity index (χ1v) is 14.2. The Morgan fingerprint density at radius 2 is 1.61 bits per heavy atom. The average Bonchev–Trinajstić information content (AvgIpc) is 2.90. The molecule has 4 aromatic rings. The smallest absolute Gasteiger partial charge is 0.264 e. The summed E-state index contributed by atoms with van der Waals surface area (Å²) in [5.74, 6) is 0.317. The number of sulfonamides is 1. The summed E-state index contributed by atoms with van der Waals surface area (Å²) in [6.07, 6.45) is 0. The monoisotopic (exact) mass is 592 g/mol. The maximum atomic E-state index is 13.8. The number of carbonyl (C=O) groups is 1. The highest BCUT2D eigenvalue weighted by molar-refractivity contribution is 9.10. The van der Waals surface area contributed by atoms with Crippen molar-refractivity contribution in [3.8, 4) is 5.75 Å². The molecule has 0 saturated heterocycles. The van der Waals surface area contributed by atoms with Gasteiger partial charge in [0.05, 0.1) is 28.7 Å². The van der Waals surface area contributed by atoms with E-state index in [2.05, 4.69) is 21.2 Å². The number of ether oxygens (including phenoxy) is 1. The van der Waals surface area contributed by atoms with Crippen molar-refractivity contribution in [3.05, 3.63) is 117 Å². The zero-order valence-corrected chi connectivity index (χ0v) is 24.1. The topological polar surface area (TPSA) is 75.7 Å². The summed E-state index contributed by atoms with van der Waals surface area (Å²) in [4.78, 5) is 13.0. The van der Waals surface area contributed by atoms with Crippen LogP contribution in [0.2, 0.25) is 0 Å². The predicted octanol–water partition coefficient (Wildman–Crippen LogP) is 7.03. The summed E-state index contributed by atoms with van der Waals surface area (Å²) < 4.78 is 34.8. The van der Waals surface area contributed by atoms with Gasteiger partial charge < -0.3 is 10.1 Å². The molecular weight excluding hydrogens is 564 g/mol. The normalized spacial score (nSPS) is 11.2. The van der Waals surface area contributed by atoms with Crippen LogP contribution in [0.25, 0.3) is 0 Å². The standard InChI is InChI=1S/C30H29BrN2O4S/c1-20-8-14-25(15-9-20)33(38(35,36)26-16-17-29(37-4)27(31)18-26)19-23-10-12-24(13-11-23)30(34)32-28-7-5-6-21(2)22(28)3/h5-18H,19H2,1-4H3,(H,32,34). The molecule has 4 aromatic carbocycles. The number of hydrogen-bond donors (Lipinski definition) is 1. The van der Waals surface area contributed by atoms with E-state index in [1.54, 1.807) is 42.5 Å². The van der Waals surface area contributed by atoms with Crippen LogP contribution in [0.5, 0.6) is 5.75 Å². The van der Waals surface area contributed by atoms with E-state index >= 15 is 0 Å². The lowest BCUT2D eigenvalue weighted by Crippen LogP contribution is -2.30. The van der Waals surface area contributed by atoms with Crippen LogP contribution in [-0.4, -0.2) is 21.4 Å². The van der Waals surface area contributed by atoms with Gasteiger partial charge in [-0.25, -0.2) is 8.42 Å². The Morgan fingerprint density at radius 3 is 2.24 bits per heavy atom. The third-order valence-corrected chi connectivity index (χ3v) is 8.82. The van der Waals surface area contributed by atoms with Gasteiger partial charge in [0.2, 0.25) is 0 Å².